The van der Waals surface area contributed by atoms with E-state index >= 15 is 0 Å². The molecule has 0 radical (unpaired) electrons. The molecular formula is C11H10F4N2O3S. The van der Waals surface area contributed by atoms with E-state index in [-0.39, 0.29) is 18.7 Å². The highest BCUT2D eigenvalue weighted by atomic mass is 32.3. The van der Waals surface area contributed by atoms with Gasteiger partial charge in [-0.25, -0.2) is 0 Å². The van der Waals surface area contributed by atoms with Crippen LogP contribution in [-0.2, 0) is 21.2 Å². The Bertz CT molecular complexity index is 660. The van der Waals surface area contributed by atoms with Crippen molar-refractivity contribution in [3.63, 3.8) is 0 Å². The molecule has 0 N–H and O–H groups in total. The van der Waals surface area contributed by atoms with Crippen molar-refractivity contribution in [2.75, 3.05) is 17.2 Å². The second kappa shape index (κ2) is 5.24. The summed E-state index contributed by atoms with van der Waals surface area (Å²) >= 11 is 0. The highest BCUT2D eigenvalue weighted by molar-refractivity contribution is 7.86. The van der Waals surface area contributed by atoms with Crippen molar-refractivity contribution in [1.29, 1.82) is 0 Å². The molecular weight excluding hydrogens is 316 g/mol. The maximum atomic E-state index is 12.6. The number of anilines is 1. The lowest BCUT2D eigenvalue weighted by Gasteiger charge is -2.17. The Morgan fingerprint density at radius 3 is 2.57 bits per heavy atom. The van der Waals surface area contributed by atoms with Gasteiger partial charge in [-0.2, -0.15) is 21.6 Å². The first-order chi connectivity index (χ1) is 9.56. The number of alkyl halides is 3. The van der Waals surface area contributed by atoms with Crippen molar-refractivity contribution in [2.24, 2.45) is 5.92 Å². The monoisotopic (exact) mass is 326 g/mol. The molecule has 1 fully saturated rings. The highest BCUT2D eigenvalue weighted by Crippen LogP contribution is 2.32. The lowest BCUT2D eigenvalue weighted by Crippen LogP contribution is -2.26. The first-order valence-electron chi connectivity index (χ1n) is 5.81. The van der Waals surface area contributed by atoms with Gasteiger partial charge in [-0.05, 0) is 6.07 Å². The summed E-state index contributed by atoms with van der Waals surface area (Å²) in [6, 6.07) is 0.747. The van der Waals surface area contributed by atoms with Crippen LogP contribution in [-0.4, -0.2) is 31.6 Å². The summed E-state index contributed by atoms with van der Waals surface area (Å²) in [5.41, 5.74) is -1.11. The predicted octanol–water partition coefficient (Wildman–Crippen LogP) is 1.75. The second-order valence-electron chi connectivity index (χ2n) is 4.71. The van der Waals surface area contributed by atoms with Gasteiger partial charge in [0.2, 0.25) is 5.91 Å². The van der Waals surface area contributed by atoms with Gasteiger partial charge in [0.05, 0.1) is 23.2 Å². The molecule has 1 aromatic heterocycles. The number of nitrogens with zero attached hydrogens (tertiary/aromatic N) is 2. The zero-order chi connectivity index (χ0) is 15.8. The summed E-state index contributed by atoms with van der Waals surface area (Å²) in [4.78, 5) is 16.1. The predicted molar refractivity (Wildman–Crippen MR) is 64.6 cm³/mol. The fraction of sp³-hybridized carbons (Fsp3) is 0.455. The molecule has 21 heavy (non-hydrogen) atoms. The van der Waals surface area contributed by atoms with Crippen LogP contribution < -0.4 is 4.90 Å². The van der Waals surface area contributed by atoms with E-state index in [9.17, 15) is 30.3 Å². The molecule has 1 saturated heterocycles. The minimum atomic E-state index is -4.74. The van der Waals surface area contributed by atoms with E-state index < -0.39 is 39.5 Å². The lowest BCUT2D eigenvalue weighted by atomic mass is 10.1. The number of halogens is 4. The number of hydrogen-bond acceptors (Lipinski definition) is 4. The smallest absolute Gasteiger partial charge is 0.311 e. The van der Waals surface area contributed by atoms with Gasteiger partial charge in [-0.15, -0.1) is 3.89 Å². The summed E-state index contributed by atoms with van der Waals surface area (Å²) in [7, 11) is -4.74. The van der Waals surface area contributed by atoms with Gasteiger partial charge in [0.25, 0.3) is 0 Å². The minimum absolute atomic E-state index is 0.0893. The molecule has 1 amide bonds. The number of rotatable bonds is 3. The number of amides is 1. The van der Waals surface area contributed by atoms with Crippen molar-refractivity contribution >= 4 is 21.8 Å². The number of carbonyl (C=O) groups is 1. The fourth-order valence-electron chi connectivity index (χ4n) is 2.15. The van der Waals surface area contributed by atoms with Crippen LogP contribution in [0.1, 0.15) is 12.0 Å². The summed E-state index contributed by atoms with van der Waals surface area (Å²) in [5.74, 6) is -2.19. The van der Waals surface area contributed by atoms with Crippen molar-refractivity contribution in [3.05, 3.63) is 24.0 Å². The second-order valence-corrected chi connectivity index (χ2v) is 6.12. The Morgan fingerprint density at radius 2 is 2.00 bits per heavy atom. The van der Waals surface area contributed by atoms with Gasteiger partial charge in [-0.3, -0.25) is 9.78 Å². The highest BCUT2D eigenvalue weighted by Gasteiger charge is 2.36. The molecule has 116 valence electrons. The van der Waals surface area contributed by atoms with Crippen LogP contribution in [0.5, 0.6) is 0 Å². The van der Waals surface area contributed by atoms with E-state index in [0.29, 0.717) is 6.20 Å². The average Bonchev–Trinajstić information content (AvgIpc) is 2.67. The Morgan fingerprint density at radius 1 is 1.33 bits per heavy atom. The van der Waals surface area contributed by atoms with Crippen molar-refractivity contribution in [1.82, 2.24) is 4.98 Å². The number of pyridine rings is 1. The molecule has 1 aliphatic heterocycles. The van der Waals surface area contributed by atoms with Crippen LogP contribution in [0.25, 0.3) is 0 Å². The Labute approximate surface area is 117 Å². The minimum Gasteiger partial charge on any atom is -0.311 e. The Kier molecular flexibility index (Phi) is 3.91. The van der Waals surface area contributed by atoms with Crippen LogP contribution >= 0.6 is 0 Å². The summed E-state index contributed by atoms with van der Waals surface area (Å²) in [6.45, 7) is -0.162. The third-order valence-electron chi connectivity index (χ3n) is 3.00. The Hall–Kier alpha value is -1.71. The standard InChI is InChI=1S/C11H10F4N2O3S/c12-11(13,14)8-2-9(4-16-3-8)17-5-7(1-10(17)18)6-21(15,19)20/h2-4,7H,1,5-6H2. The van der Waals surface area contributed by atoms with E-state index in [4.69, 9.17) is 0 Å². The maximum Gasteiger partial charge on any atom is 0.417 e. The van der Waals surface area contributed by atoms with Gasteiger partial charge in [0.1, 0.15) is 0 Å². The van der Waals surface area contributed by atoms with Crippen LogP contribution in [0.15, 0.2) is 18.5 Å². The first kappa shape index (κ1) is 15.7. The molecule has 0 aromatic carbocycles. The maximum absolute atomic E-state index is 12.6. The lowest BCUT2D eigenvalue weighted by molar-refractivity contribution is -0.137. The number of carbonyl (C=O) groups excluding carboxylic acids is 1. The third-order valence-corrected chi connectivity index (χ3v) is 3.87. The fourth-order valence-corrected chi connectivity index (χ4v) is 2.94. The van der Waals surface area contributed by atoms with Crippen molar-refractivity contribution in [2.45, 2.75) is 12.6 Å². The quantitative estimate of drug-likeness (QED) is 0.627. The molecule has 10 heteroatoms. The molecule has 0 aliphatic carbocycles. The van der Waals surface area contributed by atoms with Crippen LogP contribution in [0.4, 0.5) is 22.7 Å². The zero-order valence-electron chi connectivity index (χ0n) is 10.5. The van der Waals surface area contributed by atoms with Gasteiger partial charge in [0.15, 0.2) is 0 Å². The van der Waals surface area contributed by atoms with Crippen molar-refractivity contribution in [3.8, 4) is 0 Å². The van der Waals surface area contributed by atoms with Gasteiger partial charge in [-0.1, -0.05) is 0 Å². The normalized spacial score (nSPS) is 20.1. The molecule has 2 heterocycles. The van der Waals surface area contributed by atoms with E-state index in [1.54, 1.807) is 0 Å². The molecule has 5 nitrogen and oxygen atoms in total. The molecule has 1 unspecified atom stereocenters. The Balaban J connectivity index is 2.21. The summed E-state index contributed by atoms with van der Waals surface area (Å²) < 4.78 is 71.5. The molecule has 0 saturated carbocycles. The van der Waals surface area contributed by atoms with Gasteiger partial charge in [0, 0.05) is 25.1 Å². The molecule has 0 bridgehead atoms. The van der Waals surface area contributed by atoms with E-state index in [1.807, 2.05) is 0 Å². The van der Waals surface area contributed by atoms with Gasteiger partial charge >= 0.3 is 16.4 Å². The van der Waals surface area contributed by atoms with E-state index in [0.717, 1.165) is 17.2 Å². The molecule has 2 rings (SSSR count). The molecule has 1 aliphatic rings. The first-order valence-corrected chi connectivity index (χ1v) is 7.36. The topological polar surface area (TPSA) is 67.3 Å². The summed E-state index contributed by atoms with van der Waals surface area (Å²) in [6.07, 6.45) is -3.15. The average molecular weight is 326 g/mol. The van der Waals surface area contributed by atoms with E-state index in [2.05, 4.69) is 4.98 Å². The largest absolute Gasteiger partial charge is 0.417 e. The molecule has 1 atom stereocenters. The van der Waals surface area contributed by atoms with Crippen LogP contribution in [0.2, 0.25) is 0 Å². The molecule has 1 aromatic rings. The third kappa shape index (κ3) is 3.90. The van der Waals surface area contributed by atoms with Crippen LogP contribution in [0.3, 0.4) is 0 Å². The van der Waals surface area contributed by atoms with Crippen LogP contribution in [0, 0.1) is 5.92 Å². The zero-order valence-corrected chi connectivity index (χ0v) is 11.3. The SMILES string of the molecule is O=C1CC(CS(=O)(=O)F)CN1c1cncc(C(F)(F)F)c1. The molecule has 0 spiro atoms. The summed E-state index contributed by atoms with van der Waals surface area (Å²) in [5, 5.41) is 0. The van der Waals surface area contributed by atoms with Crippen molar-refractivity contribution < 1.29 is 30.3 Å². The number of aromatic nitrogens is 1. The van der Waals surface area contributed by atoms with Gasteiger partial charge < -0.3 is 4.90 Å². The van der Waals surface area contributed by atoms with E-state index in [1.165, 1.54) is 0 Å². The number of hydrogen-bond donors (Lipinski definition) is 0.